The summed E-state index contributed by atoms with van der Waals surface area (Å²) in [7, 11) is 0. The first kappa shape index (κ1) is 16.6. The van der Waals surface area contributed by atoms with Gasteiger partial charge in [0.1, 0.15) is 11.3 Å². The molecule has 0 aromatic carbocycles. The van der Waals surface area contributed by atoms with Crippen LogP contribution in [-0.2, 0) is 6.18 Å². The fraction of sp³-hybridized carbons (Fsp3) is 0.353. The normalized spacial score (nSPS) is 15.6. The van der Waals surface area contributed by atoms with Crippen molar-refractivity contribution >= 4 is 11.6 Å². The largest absolute Gasteiger partial charge is 0.443 e. The van der Waals surface area contributed by atoms with E-state index in [2.05, 4.69) is 9.97 Å². The number of carbonyl (C=O) groups is 1. The standard InChI is InChI=1S/C17H15F3N4O2/c18-17(19,20)11-6-12(14-8-21-10-26-14)15-22-7-13(24(15)9-11)16(25)23-4-2-1-3-5-23/h6-10H,1-5H2. The van der Waals surface area contributed by atoms with E-state index in [1.165, 1.54) is 16.8 Å². The number of oxazole rings is 1. The molecule has 1 fully saturated rings. The molecule has 4 heterocycles. The number of amides is 1. The maximum Gasteiger partial charge on any atom is 0.417 e. The van der Waals surface area contributed by atoms with Gasteiger partial charge in [-0.15, -0.1) is 0 Å². The van der Waals surface area contributed by atoms with Crippen molar-refractivity contribution in [2.45, 2.75) is 25.4 Å². The highest BCUT2D eigenvalue weighted by Crippen LogP contribution is 2.34. The predicted molar refractivity (Wildman–Crippen MR) is 85.4 cm³/mol. The van der Waals surface area contributed by atoms with Crippen LogP contribution in [0.2, 0.25) is 0 Å². The molecule has 0 unspecified atom stereocenters. The Kier molecular flexibility index (Phi) is 3.93. The molecule has 1 amide bonds. The fourth-order valence-corrected chi connectivity index (χ4v) is 3.19. The van der Waals surface area contributed by atoms with Gasteiger partial charge in [-0.05, 0) is 25.3 Å². The fourth-order valence-electron chi connectivity index (χ4n) is 3.19. The molecule has 1 aliphatic heterocycles. The molecule has 3 aromatic rings. The Morgan fingerprint density at radius 3 is 2.58 bits per heavy atom. The molecule has 1 saturated heterocycles. The lowest BCUT2D eigenvalue weighted by Crippen LogP contribution is -2.36. The lowest BCUT2D eigenvalue weighted by molar-refractivity contribution is -0.137. The second kappa shape index (κ2) is 6.15. The van der Waals surface area contributed by atoms with Crippen molar-refractivity contribution < 1.29 is 22.4 Å². The molecule has 0 aliphatic carbocycles. The maximum atomic E-state index is 13.4. The van der Waals surface area contributed by atoms with E-state index < -0.39 is 11.7 Å². The van der Waals surface area contributed by atoms with E-state index in [0.717, 1.165) is 37.9 Å². The van der Waals surface area contributed by atoms with Crippen LogP contribution in [-0.4, -0.2) is 38.3 Å². The summed E-state index contributed by atoms with van der Waals surface area (Å²) < 4.78 is 46.4. The van der Waals surface area contributed by atoms with Gasteiger partial charge in [0.25, 0.3) is 5.91 Å². The molecule has 0 saturated carbocycles. The number of imidazole rings is 1. The quantitative estimate of drug-likeness (QED) is 0.697. The zero-order chi connectivity index (χ0) is 18.3. The van der Waals surface area contributed by atoms with Crippen molar-refractivity contribution in [1.82, 2.24) is 19.3 Å². The van der Waals surface area contributed by atoms with Gasteiger partial charge in [0.2, 0.25) is 0 Å². The summed E-state index contributed by atoms with van der Waals surface area (Å²) in [6.07, 6.45) is 2.92. The lowest BCUT2D eigenvalue weighted by atomic mass is 10.1. The number of likely N-dealkylation sites (tertiary alicyclic amines) is 1. The highest BCUT2D eigenvalue weighted by molar-refractivity contribution is 5.94. The third kappa shape index (κ3) is 2.83. The summed E-state index contributed by atoms with van der Waals surface area (Å²) in [5.41, 5.74) is -0.430. The molecule has 0 atom stereocenters. The number of carbonyl (C=O) groups excluding carboxylic acids is 1. The van der Waals surface area contributed by atoms with Crippen LogP contribution in [0.25, 0.3) is 17.0 Å². The van der Waals surface area contributed by atoms with Crippen LogP contribution >= 0.6 is 0 Å². The van der Waals surface area contributed by atoms with Gasteiger partial charge in [-0.2, -0.15) is 13.2 Å². The summed E-state index contributed by atoms with van der Waals surface area (Å²) in [5.74, 6) is -0.163. The number of rotatable bonds is 2. The molecule has 0 spiro atoms. The molecule has 0 N–H and O–H groups in total. The number of aromatic nitrogens is 3. The summed E-state index contributed by atoms with van der Waals surface area (Å²) in [4.78, 5) is 22.4. The van der Waals surface area contributed by atoms with Crippen molar-refractivity contribution in [1.29, 1.82) is 0 Å². The van der Waals surface area contributed by atoms with Crippen LogP contribution in [0.1, 0.15) is 35.3 Å². The smallest absolute Gasteiger partial charge is 0.417 e. The van der Waals surface area contributed by atoms with Crippen LogP contribution in [0, 0.1) is 0 Å². The maximum absolute atomic E-state index is 13.4. The van der Waals surface area contributed by atoms with E-state index in [1.807, 2.05) is 0 Å². The van der Waals surface area contributed by atoms with Crippen LogP contribution in [0.5, 0.6) is 0 Å². The Morgan fingerprint density at radius 2 is 1.92 bits per heavy atom. The van der Waals surface area contributed by atoms with Gasteiger partial charge >= 0.3 is 6.18 Å². The third-order valence-corrected chi connectivity index (χ3v) is 4.49. The van der Waals surface area contributed by atoms with Crippen molar-refractivity contribution in [2.75, 3.05) is 13.1 Å². The molecule has 1 aliphatic rings. The van der Waals surface area contributed by atoms with E-state index in [-0.39, 0.29) is 28.6 Å². The first-order valence-corrected chi connectivity index (χ1v) is 8.21. The Labute approximate surface area is 146 Å². The first-order chi connectivity index (χ1) is 12.4. The molecular formula is C17H15F3N4O2. The van der Waals surface area contributed by atoms with Gasteiger partial charge in [-0.3, -0.25) is 9.20 Å². The number of hydrogen-bond acceptors (Lipinski definition) is 4. The van der Waals surface area contributed by atoms with Gasteiger partial charge in [-0.1, -0.05) is 0 Å². The van der Waals surface area contributed by atoms with Crippen molar-refractivity contribution in [3.8, 4) is 11.3 Å². The number of hydrogen-bond donors (Lipinski definition) is 0. The van der Waals surface area contributed by atoms with E-state index in [9.17, 15) is 18.0 Å². The van der Waals surface area contributed by atoms with Gasteiger partial charge in [0.15, 0.2) is 12.2 Å². The minimum Gasteiger partial charge on any atom is -0.443 e. The first-order valence-electron chi connectivity index (χ1n) is 8.21. The van der Waals surface area contributed by atoms with E-state index in [1.54, 1.807) is 4.90 Å². The predicted octanol–water partition coefficient (Wildman–Crippen LogP) is 3.63. The Hall–Kier alpha value is -2.84. The zero-order valence-corrected chi connectivity index (χ0v) is 13.7. The second-order valence-electron chi connectivity index (χ2n) is 6.20. The summed E-state index contributed by atoms with van der Waals surface area (Å²) >= 11 is 0. The van der Waals surface area contributed by atoms with Gasteiger partial charge < -0.3 is 9.32 Å². The van der Waals surface area contributed by atoms with Crippen LogP contribution in [0.3, 0.4) is 0 Å². The minimum absolute atomic E-state index is 0.105. The Bertz CT molecular complexity index is 941. The molecule has 3 aromatic heterocycles. The van der Waals surface area contributed by atoms with Gasteiger partial charge in [0, 0.05) is 19.3 Å². The summed E-state index contributed by atoms with van der Waals surface area (Å²) in [6, 6.07) is 0.956. The Balaban J connectivity index is 1.88. The van der Waals surface area contributed by atoms with Crippen molar-refractivity contribution in [2.24, 2.45) is 0 Å². The molecule has 26 heavy (non-hydrogen) atoms. The highest BCUT2D eigenvalue weighted by Gasteiger charge is 2.33. The highest BCUT2D eigenvalue weighted by atomic mass is 19.4. The minimum atomic E-state index is -4.57. The van der Waals surface area contributed by atoms with Gasteiger partial charge in [-0.25, -0.2) is 9.97 Å². The van der Waals surface area contributed by atoms with Gasteiger partial charge in [0.05, 0.1) is 23.5 Å². The third-order valence-electron chi connectivity index (χ3n) is 4.49. The molecule has 0 bridgehead atoms. The zero-order valence-electron chi connectivity index (χ0n) is 13.7. The lowest BCUT2D eigenvalue weighted by Gasteiger charge is -2.26. The van der Waals surface area contributed by atoms with Crippen molar-refractivity contribution in [3.05, 3.63) is 42.3 Å². The van der Waals surface area contributed by atoms with E-state index in [0.29, 0.717) is 13.1 Å². The monoisotopic (exact) mass is 364 g/mol. The van der Waals surface area contributed by atoms with Crippen LogP contribution in [0.15, 0.2) is 35.5 Å². The number of nitrogens with zero attached hydrogens (tertiary/aromatic N) is 4. The topological polar surface area (TPSA) is 63.6 Å². The molecule has 4 rings (SSSR count). The number of fused-ring (bicyclic) bond motifs is 1. The summed E-state index contributed by atoms with van der Waals surface area (Å²) in [5, 5.41) is 0. The molecule has 6 nitrogen and oxygen atoms in total. The summed E-state index contributed by atoms with van der Waals surface area (Å²) in [6.45, 7) is 1.19. The van der Waals surface area contributed by atoms with E-state index in [4.69, 9.17) is 4.42 Å². The Morgan fingerprint density at radius 1 is 1.15 bits per heavy atom. The van der Waals surface area contributed by atoms with Crippen molar-refractivity contribution in [3.63, 3.8) is 0 Å². The number of piperidine rings is 1. The number of alkyl halides is 3. The number of halogens is 3. The molecule has 136 valence electrons. The second-order valence-corrected chi connectivity index (χ2v) is 6.20. The number of pyridine rings is 1. The SMILES string of the molecule is O=C(c1cnc2c(-c3cnco3)cc(C(F)(F)F)cn12)N1CCCCC1. The average molecular weight is 364 g/mol. The van der Waals surface area contributed by atoms with Crippen LogP contribution in [0.4, 0.5) is 13.2 Å². The van der Waals surface area contributed by atoms with Crippen LogP contribution < -0.4 is 0 Å². The molecular weight excluding hydrogens is 349 g/mol. The molecule has 9 heteroatoms. The average Bonchev–Trinajstić information content (AvgIpc) is 3.30. The molecule has 0 radical (unpaired) electrons. The van der Waals surface area contributed by atoms with E-state index >= 15 is 0 Å².